The van der Waals surface area contributed by atoms with Crippen LogP contribution < -0.4 is 4.74 Å². The Balaban J connectivity index is 1.77. The van der Waals surface area contributed by atoms with E-state index < -0.39 is 0 Å². The van der Waals surface area contributed by atoms with Gasteiger partial charge in [0, 0.05) is 17.3 Å². The number of benzene rings is 2. The van der Waals surface area contributed by atoms with E-state index in [1.807, 2.05) is 31.2 Å². The number of hydrogen-bond acceptors (Lipinski definition) is 3. The van der Waals surface area contributed by atoms with E-state index in [2.05, 4.69) is 34.1 Å². The van der Waals surface area contributed by atoms with Gasteiger partial charge in [0.05, 0.1) is 25.4 Å². The molecule has 4 nitrogen and oxygen atoms in total. The maximum Gasteiger partial charge on any atom is 0.159 e. The maximum atomic E-state index is 9.40. The van der Waals surface area contributed by atoms with Crippen molar-refractivity contribution in [2.24, 2.45) is 0 Å². The summed E-state index contributed by atoms with van der Waals surface area (Å²) in [5.74, 6) is 0.885. The van der Waals surface area contributed by atoms with Gasteiger partial charge in [-0.25, -0.2) is 0 Å². The molecule has 1 heterocycles. The number of ether oxygens (including phenoxy) is 2. The highest BCUT2D eigenvalue weighted by Crippen LogP contribution is 2.33. The predicted octanol–water partition coefficient (Wildman–Crippen LogP) is 3.74. The topological polar surface area (TPSA) is 61.6 Å². The number of hydrogen-bond donors (Lipinski definition) is 1. The molecule has 0 aliphatic carbocycles. The summed E-state index contributed by atoms with van der Waals surface area (Å²) < 4.78 is 12.5. The molecular weight excluding hydrogens is 396 g/mol. The first-order valence-electron chi connectivity index (χ1n) is 9.06. The Morgan fingerprint density at radius 3 is 2.65 bits per heavy atom. The van der Waals surface area contributed by atoms with Crippen LogP contribution in [0.15, 0.2) is 46.9 Å². The lowest BCUT2D eigenvalue weighted by Gasteiger charge is -2.30. The predicted molar refractivity (Wildman–Crippen MR) is 106 cm³/mol. The average molecular weight is 422 g/mol. The van der Waals surface area contributed by atoms with Crippen LogP contribution in [0.5, 0.6) is 5.75 Å². The van der Waals surface area contributed by atoms with Crippen LogP contribution in [0.25, 0.3) is 0 Å². The fraction of sp³-hybridized carbons (Fsp3) is 0.429. The second kappa shape index (κ2) is 9.00. The number of rotatable bonds is 6. The fourth-order valence-electron chi connectivity index (χ4n) is 3.37. The van der Waals surface area contributed by atoms with Crippen molar-refractivity contribution in [3.63, 3.8) is 0 Å². The lowest BCUT2D eigenvalue weighted by molar-refractivity contribution is -0.113. The lowest BCUT2D eigenvalue weighted by Crippen LogP contribution is -2.33. The van der Waals surface area contributed by atoms with Crippen molar-refractivity contribution in [1.82, 2.24) is 0 Å². The SMILES string of the molecule is CCOc1ccc(Cc2cc([C@H]3C[C@@H]([OH2+])C[C@@H](CO)O3)ccc2Br)cc1. The molecule has 0 aromatic heterocycles. The first-order valence-corrected chi connectivity index (χ1v) is 9.85. The second-order valence-corrected chi connectivity index (χ2v) is 7.56. The van der Waals surface area contributed by atoms with Gasteiger partial charge < -0.3 is 19.7 Å². The minimum absolute atomic E-state index is 0.0263. The summed E-state index contributed by atoms with van der Waals surface area (Å²) in [5.41, 5.74) is 3.47. The molecule has 3 N–H and O–H groups in total. The molecular formula is C21H26BrO4+. The zero-order chi connectivity index (χ0) is 18.5. The molecule has 0 unspecified atom stereocenters. The second-order valence-electron chi connectivity index (χ2n) is 6.70. The minimum Gasteiger partial charge on any atom is -0.494 e. The molecule has 1 fully saturated rings. The first kappa shape index (κ1) is 19.4. The van der Waals surface area contributed by atoms with Crippen LogP contribution in [0, 0.1) is 0 Å². The summed E-state index contributed by atoms with van der Waals surface area (Å²) >= 11 is 3.65. The molecule has 0 radical (unpaired) electrons. The quantitative estimate of drug-likeness (QED) is 0.722. The average Bonchev–Trinajstić information content (AvgIpc) is 2.64. The summed E-state index contributed by atoms with van der Waals surface area (Å²) in [6, 6.07) is 14.4. The van der Waals surface area contributed by atoms with E-state index in [4.69, 9.17) is 14.6 Å². The molecule has 140 valence electrons. The summed E-state index contributed by atoms with van der Waals surface area (Å²) in [7, 11) is 0. The van der Waals surface area contributed by atoms with Crippen LogP contribution in [0.4, 0.5) is 0 Å². The van der Waals surface area contributed by atoms with Crippen molar-refractivity contribution in [2.75, 3.05) is 13.2 Å². The van der Waals surface area contributed by atoms with Gasteiger partial charge in [-0.05, 0) is 48.2 Å². The van der Waals surface area contributed by atoms with Gasteiger partial charge in [0.25, 0.3) is 0 Å². The van der Waals surface area contributed by atoms with Crippen LogP contribution in [0.3, 0.4) is 0 Å². The smallest absolute Gasteiger partial charge is 0.159 e. The maximum absolute atomic E-state index is 9.40. The fourth-order valence-corrected chi connectivity index (χ4v) is 3.75. The Kier molecular flexibility index (Phi) is 6.70. The van der Waals surface area contributed by atoms with E-state index in [1.54, 1.807) is 0 Å². The number of aliphatic hydroxyl groups is 1. The molecule has 1 aliphatic heterocycles. The zero-order valence-electron chi connectivity index (χ0n) is 15.0. The van der Waals surface area contributed by atoms with Crippen LogP contribution >= 0.6 is 15.9 Å². The highest BCUT2D eigenvalue weighted by Gasteiger charge is 2.31. The summed E-state index contributed by atoms with van der Waals surface area (Å²) in [6.45, 7) is 2.62. The molecule has 1 aliphatic rings. The molecule has 2 aromatic rings. The van der Waals surface area contributed by atoms with Crippen molar-refractivity contribution >= 4 is 15.9 Å². The van der Waals surface area contributed by atoms with Gasteiger partial charge in [-0.15, -0.1) is 0 Å². The van der Waals surface area contributed by atoms with E-state index in [0.717, 1.165) is 22.2 Å². The highest BCUT2D eigenvalue weighted by molar-refractivity contribution is 9.10. The van der Waals surface area contributed by atoms with E-state index in [9.17, 15) is 5.11 Å². The Morgan fingerprint density at radius 1 is 1.19 bits per heavy atom. The normalized spacial score (nSPS) is 23.0. The van der Waals surface area contributed by atoms with Crippen molar-refractivity contribution in [3.8, 4) is 5.75 Å². The Labute approximate surface area is 162 Å². The first-order chi connectivity index (χ1) is 12.6. The van der Waals surface area contributed by atoms with Crippen molar-refractivity contribution in [2.45, 2.75) is 44.5 Å². The molecule has 3 rings (SSSR count). The van der Waals surface area contributed by atoms with Crippen LogP contribution in [-0.2, 0) is 11.2 Å². The van der Waals surface area contributed by atoms with Gasteiger partial charge >= 0.3 is 0 Å². The minimum atomic E-state index is -0.241. The van der Waals surface area contributed by atoms with E-state index in [-0.39, 0.29) is 24.9 Å². The van der Waals surface area contributed by atoms with Crippen LogP contribution in [-0.4, -0.2) is 35.6 Å². The standard InChI is InChI=1S/C21H25BrO4/c1-2-25-18-6-3-14(4-7-18)9-16-10-15(5-8-20(16)22)21-12-17(24)11-19(13-23)26-21/h3-8,10,17,19,21,23-24H,2,9,11-13H2,1H3/p+1/t17-,19-,21+/m0/s1. The zero-order valence-corrected chi connectivity index (χ0v) is 16.5. The van der Waals surface area contributed by atoms with E-state index in [0.29, 0.717) is 19.4 Å². The highest BCUT2D eigenvalue weighted by atomic mass is 79.9. The van der Waals surface area contributed by atoms with Crippen LogP contribution in [0.2, 0.25) is 0 Å². The van der Waals surface area contributed by atoms with E-state index >= 15 is 0 Å². The van der Waals surface area contributed by atoms with Gasteiger partial charge in [0.2, 0.25) is 0 Å². The summed E-state index contributed by atoms with van der Waals surface area (Å²) in [6.07, 6.45) is 1.51. The molecule has 5 heteroatoms. The van der Waals surface area contributed by atoms with Gasteiger partial charge in [-0.1, -0.05) is 40.2 Å². The number of halogens is 1. The molecule has 26 heavy (non-hydrogen) atoms. The number of aliphatic hydroxyl groups excluding tert-OH is 1. The Hall–Kier alpha value is -1.40. The van der Waals surface area contributed by atoms with Gasteiger partial charge in [0.1, 0.15) is 5.75 Å². The third-order valence-electron chi connectivity index (χ3n) is 4.68. The Morgan fingerprint density at radius 2 is 1.96 bits per heavy atom. The summed E-state index contributed by atoms with van der Waals surface area (Å²) in [4.78, 5) is 0. The molecule has 0 spiro atoms. The van der Waals surface area contributed by atoms with Crippen molar-refractivity contribution < 1.29 is 19.7 Å². The monoisotopic (exact) mass is 421 g/mol. The van der Waals surface area contributed by atoms with Crippen molar-refractivity contribution in [3.05, 3.63) is 63.6 Å². The van der Waals surface area contributed by atoms with Gasteiger partial charge in [0.15, 0.2) is 6.10 Å². The third kappa shape index (κ3) is 4.86. The summed E-state index contributed by atoms with van der Waals surface area (Å²) in [5, 5.41) is 17.5. The van der Waals surface area contributed by atoms with Crippen LogP contribution in [0.1, 0.15) is 42.6 Å². The largest absolute Gasteiger partial charge is 0.494 e. The molecule has 3 atom stereocenters. The van der Waals surface area contributed by atoms with Crippen molar-refractivity contribution in [1.29, 1.82) is 0 Å². The molecule has 0 amide bonds. The molecule has 1 saturated heterocycles. The Bertz CT molecular complexity index is 716. The molecule has 0 saturated carbocycles. The van der Waals surface area contributed by atoms with Gasteiger partial charge in [-0.3, -0.25) is 0 Å². The molecule has 0 bridgehead atoms. The van der Waals surface area contributed by atoms with Gasteiger partial charge in [-0.2, -0.15) is 0 Å². The third-order valence-corrected chi connectivity index (χ3v) is 5.45. The lowest BCUT2D eigenvalue weighted by atomic mass is 9.94. The molecule has 2 aromatic carbocycles. The van der Waals surface area contributed by atoms with E-state index in [1.165, 1.54) is 11.1 Å².